The Bertz CT molecular complexity index is 1100. The maximum Gasteiger partial charge on any atom is 0.271 e. The molecule has 2 N–H and O–H groups in total. The van der Waals surface area contributed by atoms with Gasteiger partial charge in [-0.2, -0.15) is 5.10 Å². The smallest absolute Gasteiger partial charge is 0.271 e. The van der Waals surface area contributed by atoms with Gasteiger partial charge in [-0.3, -0.25) is 9.59 Å². The number of morpholine rings is 1. The lowest BCUT2D eigenvalue weighted by Crippen LogP contribution is -2.42. The number of carbonyl (C=O) groups excluding carboxylic acids is 2. The van der Waals surface area contributed by atoms with Crippen molar-refractivity contribution >= 4 is 28.9 Å². The minimum Gasteiger partial charge on any atom is -0.508 e. The molecular formula is C22H22N4O4. The van der Waals surface area contributed by atoms with Crippen LogP contribution in [0.5, 0.6) is 5.75 Å². The van der Waals surface area contributed by atoms with Gasteiger partial charge in [-0.25, -0.2) is 5.43 Å². The fraction of sp³-hybridized carbons (Fsp3) is 0.227. The molecule has 3 aromatic rings. The summed E-state index contributed by atoms with van der Waals surface area (Å²) in [4.78, 5) is 26.6. The summed E-state index contributed by atoms with van der Waals surface area (Å²) in [7, 11) is 0. The van der Waals surface area contributed by atoms with Gasteiger partial charge in [-0.15, -0.1) is 0 Å². The van der Waals surface area contributed by atoms with Crippen molar-refractivity contribution in [2.24, 2.45) is 5.10 Å². The Labute approximate surface area is 173 Å². The van der Waals surface area contributed by atoms with Crippen molar-refractivity contribution in [1.29, 1.82) is 0 Å². The van der Waals surface area contributed by atoms with Gasteiger partial charge < -0.3 is 19.3 Å². The summed E-state index contributed by atoms with van der Waals surface area (Å²) in [5.41, 5.74) is 4.48. The van der Waals surface area contributed by atoms with Crippen LogP contribution in [0, 0.1) is 0 Å². The number of hydrogen-bond donors (Lipinski definition) is 2. The first-order chi connectivity index (χ1) is 14.6. The zero-order valence-electron chi connectivity index (χ0n) is 16.3. The molecule has 1 fully saturated rings. The Morgan fingerprint density at radius 1 is 1.13 bits per heavy atom. The van der Waals surface area contributed by atoms with Crippen molar-refractivity contribution < 1.29 is 19.4 Å². The Morgan fingerprint density at radius 3 is 2.73 bits per heavy atom. The standard InChI is InChI=1S/C22H22N4O4/c27-18-5-3-4-16(12-18)22(29)24-23-13-17-14-26(20-7-2-1-6-19(17)20)15-21(28)25-8-10-30-11-9-25/h1-7,12-14,27H,8-11,15H2,(H,24,29)/b23-13-. The van der Waals surface area contributed by atoms with Crippen molar-refractivity contribution in [3.63, 3.8) is 0 Å². The summed E-state index contributed by atoms with van der Waals surface area (Å²) in [5, 5.41) is 14.5. The number of amides is 2. The molecule has 8 heteroatoms. The summed E-state index contributed by atoms with van der Waals surface area (Å²) in [6, 6.07) is 13.8. The summed E-state index contributed by atoms with van der Waals surface area (Å²) < 4.78 is 7.20. The van der Waals surface area contributed by atoms with E-state index in [1.54, 1.807) is 18.3 Å². The second-order valence-corrected chi connectivity index (χ2v) is 6.97. The van der Waals surface area contributed by atoms with Crippen LogP contribution >= 0.6 is 0 Å². The number of rotatable bonds is 5. The lowest BCUT2D eigenvalue weighted by atomic mass is 10.2. The third-order valence-electron chi connectivity index (χ3n) is 4.97. The van der Waals surface area contributed by atoms with Crippen molar-refractivity contribution in [3.05, 3.63) is 65.9 Å². The molecule has 0 aliphatic carbocycles. The van der Waals surface area contributed by atoms with Gasteiger partial charge in [0.05, 0.1) is 19.4 Å². The van der Waals surface area contributed by atoms with E-state index >= 15 is 0 Å². The van der Waals surface area contributed by atoms with E-state index < -0.39 is 5.91 Å². The monoisotopic (exact) mass is 406 g/mol. The number of nitrogens with zero attached hydrogens (tertiary/aromatic N) is 3. The Balaban J connectivity index is 1.51. The number of ether oxygens (including phenoxy) is 1. The highest BCUT2D eigenvalue weighted by atomic mass is 16.5. The predicted molar refractivity (Wildman–Crippen MR) is 113 cm³/mol. The van der Waals surface area contributed by atoms with Crippen molar-refractivity contribution in [1.82, 2.24) is 14.9 Å². The highest BCUT2D eigenvalue weighted by Gasteiger charge is 2.18. The maximum absolute atomic E-state index is 12.6. The van der Waals surface area contributed by atoms with Crippen LogP contribution in [0.1, 0.15) is 15.9 Å². The zero-order valence-corrected chi connectivity index (χ0v) is 16.3. The number of aromatic hydroxyl groups is 1. The van der Waals surface area contributed by atoms with Crippen LogP contribution in [0.4, 0.5) is 0 Å². The minimum atomic E-state index is -0.423. The number of benzene rings is 2. The number of nitrogens with one attached hydrogen (secondary N) is 1. The average molecular weight is 406 g/mol. The summed E-state index contributed by atoms with van der Waals surface area (Å²) in [6.45, 7) is 2.56. The van der Waals surface area contributed by atoms with Gasteiger partial charge in [0.2, 0.25) is 5.91 Å². The number of carbonyl (C=O) groups is 2. The molecule has 2 amide bonds. The maximum atomic E-state index is 12.6. The molecule has 8 nitrogen and oxygen atoms in total. The van der Waals surface area contributed by atoms with Crippen LogP contribution in [0.2, 0.25) is 0 Å². The first kappa shape index (κ1) is 19.7. The zero-order chi connectivity index (χ0) is 20.9. The quantitative estimate of drug-likeness (QED) is 0.500. The van der Waals surface area contributed by atoms with Gasteiger partial charge in [0, 0.05) is 41.3 Å². The topological polar surface area (TPSA) is 96.2 Å². The normalized spacial score (nSPS) is 14.3. The summed E-state index contributed by atoms with van der Waals surface area (Å²) in [6.07, 6.45) is 3.41. The summed E-state index contributed by atoms with van der Waals surface area (Å²) in [5.74, 6) is -0.368. The number of phenolic OH excluding ortho intramolecular Hbond substituents is 1. The molecule has 4 rings (SSSR count). The van der Waals surface area contributed by atoms with Crippen molar-refractivity contribution in [2.75, 3.05) is 26.3 Å². The van der Waals surface area contributed by atoms with E-state index in [-0.39, 0.29) is 18.2 Å². The molecule has 0 atom stereocenters. The fourth-order valence-corrected chi connectivity index (χ4v) is 3.44. The lowest BCUT2D eigenvalue weighted by molar-refractivity contribution is -0.135. The molecule has 0 radical (unpaired) electrons. The number of hydrogen-bond acceptors (Lipinski definition) is 5. The van der Waals surface area contributed by atoms with E-state index in [4.69, 9.17) is 4.74 Å². The van der Waals surface area contributed by atoms with E-state index in [0.29, 0.717) is 31.9 Å². The van der Waals surface area contributed by atoms with Crippen LogP contribution in [0.3, 0.4) is 0 Å². The fourth-order valence-electron chi connectivity index (χ4n) is 3.44. The molecule has 0 spiro atoms. The molecule has 30 heavy (non-hydrogen) atoms. The van der Waals surface area contributed by atoms with Gasteiger partial charge in [0.15, 0.2) is 0 Å². The largest absolute Gasteiger partial charge is 0.508 e. The molecule has 0 saturated carbocycles. The molecule has 1 aromatic heterocycles. The minimum absolute atomic E-state index is 0.0136. The van der Waals surface area contributed by atoms with E-state index in [0.717, 1.165) is 16.5 Å². The van der Waals surface area contributed by atoms with Crippen LogP contribution < -0.4 is 5.43 Å². The van der Waals surface area contributed by atoms with E-state index in [1.807, 2.05) is 39.9 Å². The number of fused-ring (bicyclic) bond motifs is 1. The molecule has 0 bridgehead atoms. The van der Waals surface area contributed by atoms with Gasteiger partial charge in [-0.05, 0) is 24.3 Å². The van der Waals surface area contributed by atoms with E-state index in [1.165, 1.54) is 12.1 Å². The van der Waals surface area contributed by atoms with Gasteiger partial charge >= 0.3 is 0 Å². The number of phenols is 1. The van der Waals surface area contributed by atoms with Crippen LogP contribution in [-0.4, -0.2) is 58.9 Å². The molecular weight excluding hydrogens is 384 g/mol. The van der Waals surface area contributed by atoms with Gasteiger partial charge in [-0.1, -0.05) is 24.3 Å². The Hall–Kier alpha value is -3.65. The first-order valence-corrected chi connectivity index (χ1v) is 9.67. The lowest BCUT2D eigenvalue weighted by Gasteiger charge is -2.27. The summed E-state index contributed by atoms with van der Waals surface area (Å²) >= 11 is 0. The van der Waals surface area contributed by atoms with Gasteiger partial charge in [0.1, 0.15) is 12.3 Å². The third-order valence-corrected chi connectivity index (χ3v) is 4.97. The highest BCUT2D eigenvalue weighted by molar-refractivity contribution is 6.01. The predicted octanol–water partition coefficient (Wildman–Crippen LogP) is 1.97. The van der Waals surface area contributed by atoms with Gasteiger partial charge in [0.25, 0.3) is 5.91 Å². The first-order valence-electron chi connectivity index (χ1n) is 9.67. The van der Waals surface area contributed by atoms with E-state index in [2.05, 4.69) is 10.5 Å². The van der Waals surface area contributed by atoms with E-state index in [9.17, 15) is 14.7 Å². The Kier molecular flexibility index (Phi) is 5.76. The number of aromatic nitrogens is 1. The van der Waals surface area contributed by atoms with Crippen LogP contribution in [-0.2, 0) is 16.1 Å². The second-order valence-electron chi connectivity index (χ2n) is 6.97. The SMILES string of the molecule is O=C(N/N=C\c1cn(CC(=O)N2CCOCC2)c2ccccc12)c1cccc(O)c1. The van der Waals surface area contributed by atoms with Crippen molar-refractivity contribution in [3.8, 4) is 5.75 Å². The highest BCUT2D eigenvalue weighted by Crippen LogP contribution is 2.20. The number of para-hydroxylation sites is 1. The van der Waals surface area contributed by atoms with Crippen LogP contribution in [0.25, 0.3) is 10.9 Å². The molecule has 0 unspecified atom stereocenters. The molecule has 2 aromatic carbocycles. The molecule has 2 heterocycles. The third kappa shape index (κ3) is 4.33. The molecule has 1 aliphatic heterocycles. The van der Waals surface area contributed by atoms with Crippen LogP contribution in [0.15, 0.2) is 59.8 Å². The molecule has 1 aliphatic rings. The molecule has 1 saturated heterocycles. The average Bonchev–Trinajstić information content (AvgIpc) is 3.12. The molecule has 154 valence electrons. The second kappa shape index (κ2) is 8.79. The van der Waals surface area contributed by atoms with Crippen molar-refractivity contribution in [2.45, 2.75) is 6.54 Å². The Morgan fingerprint density at radius 2 is 1.93 bits per heavy atom. The number of hydrazone groups is 1.